The lowest BCUT2D eigenvalue weighted by Crippen LogP contribution is -2.21. The van der Waals surface area contributed by atoms with Gasteiger partial charge in [-0.3, -0.25) is 0 Å². The van der Waals surface area contributed by atoms with Gasteiger partial charge in [-0.25, -0.2) is 0 Å². The minimum atomic E-state index is 0.0946. The van der Waals surface area contributed by atoms with Crippen LogP contribution in [0.4, 0.5) is 0 Å². The zero-order valence-corrected chi connectivity index (χ0v) is 13.8. The van der Waals surface area contributed by atoms with Gasteiger partial charge < -0.3 is 9.73 Å². The quantitative estimate of drug-likeness (QED) is 0.865. The number of rotatable bonds is 3. The van der Waals surface area contributed by atoms with Gasteiger partial charge in [0.05, 0.1) is 6.54 Å². The molecule has 2 heteroatoms. The molecule has 0 saturated heterocycles. The molecule has 1 N–H and O–H groups in total. The molecule has 0 unspecified atom stereocenters. The lowest BCUT2D eigenvalue weighted by atomic mass is 9.85. The van der Waals surface area contributed by atoms with Crippen LogP contribution in [0, 0.1) is 13.8 Å². The Bertz CT molecular complexity index is 614. The van der Waals surface area contributed by atoms with E-state index in [0.717, 1.165) is 17.9 Å². The first-order valence-electron chi connectivity index (χ1n) is 7.46. The fraction of sp³-hybridized carbons (Fsp3) is 0.556. The van der Waals surface area contributed by atoms with E-state index in [4.69, 9.17) is 4.42 Å². The van der Waals surface area contributed by atoms with Crippen molar-refractivity contribution in [3.63, 3.8) is 0 Å². The number of aryl methyl sites for hydroxylation is 2. The van der Waals surface area contributed by atoms with Gasteiger partial charge in [0.15, 0.2) is 0 Å². The van der Waals surface area contributed by atoms with Crippen LogP contribution in [-0.2, 0) is 12.0 Å². The molecule has 0 bridgehead atoms. The maximum Gasteiger partial charge on any atom is 0.138 e. The summed E-state index contributed by atoms with van der Waals surface area (Å²) in [6.45, 7) is 16.1. The van der Waals surface area contributed by atoms with Gasteiger partial charge >= 0.3 is 0 Å². The molecule has 0 radical (unpaired) electrons. The van der Waals surface area contributed by atoms with Crippen molar-refractivity contribution in [2.24, 2.45) is 0 Å². The molecule has 0 spiro atoms. The number of furan rings is 1. The van der Waals surface area contributed by atoms with Crippen molar-refractivity contribution in [3.05, 3.63) is 34.6 Å². The molecule has 1 aromatic heterocycles. The van der Waals surface area contributed by atoms with Gasteiger partial charge in [-0.15, -0.1) is 0 Å². The fourth-order valence-electron chi connectivity index (χ4n) is 2.53. The molecule has 110 valence electrons. The summed E-state index contributed by atoms with van der Waals surface area (Å²) in [4.78, 5) is 0. The maximum atomic E-state index is 6.20. The van der Waals surface area contributed by atoms with Crippen LogP contribution in [0.2, 0.25) is 0 Å². The van der Waals surface area contributed by atoms with Crippen molar-refractivity contribution in [1.82, 2.24) is 5.32 Å². The van der Waals surface area contributed by atoms with E-state index in [2.05, 4.69) is 65.9 Å². The van der Waals surface area contributed by atoms with Crippen molar-refractivity contribution >= 4 is 11.0 Å². The second-order valence-corrected chi connectivity index (χ2v) is 7.13. The summed E-state index contributed by atoms with van der Waals surface area (Å²) >= 11 is 0. The number of hydrogen-bond acceptors (Lipinski definition) is 2. The Morgan fingerprint density at radius 3 is 2.35 bits per heavy atom. The predicted octanol–water partition coefficient (Wildman–Crippen LogP) is 4.85. The van der Waals surface area contributed by atoms with Gasteiger partial charge in [0.25, 0.3) is 0 Å². The molecule has 1 heterocycles. The van der Waals surface area contributed by atoms with Gasteiger partial charge in [0.1, 0.15) is 11.3 Å². The molecule has 0 fully saturated rings. The number of hydrogen-bond donors (Lipinski definition) is 1. The van der Waals surface area contributed by atoms with Crippen molar-refractivity contribution in [2.75, 3.05) is 0 Å². The van der Waals surface area contributed by atoms with Crippen molar-refractivity contribution in [1.29, 1.82) is 0 Å². The first-order chi connectivity index (χ1) is 9.20. The van der Waals surface area contributed by atoms with Crippen LogP contribution >= 0.6 is 0 Å². The SMILES string of the molecule is Cc1cc(C(C)(C)C)c2oc(CNC(C)C)c(C)c2c1. The van der Waals surface area contributed by atoms with Gasteiger partial charge in [0, 0.05) is 17.0 Å². The Morgan fingerprint density at radius 2 is 1.80 bits per heavy atom. The third-order valence-electron chi connectivity index (χ3n) is 3.76. The van der Waals surface area contributed by atoms with Gasteiger partial charge in [-0.05, 0) is 36.5 Å². The topological polar surface area (TPSA) is 25.2 Å². The molecule has 0 aliphatic carbocycles. The monoisotopic (exact) mass is 273 g/mol. The average Bonchev–Trinajstić information content (AvgIpc) is 2.62. The van der Waals surface area contributed by atoms with Gasteiger partial charge in [-0.1, -0.05) is 40.7 Å². The maximum absolute atomic E-state index is 6.20. The Labute approximate surface area is 122 Å². The van der Waals surface area contributed by atoms with Crippen LogP contribution in [-0.4, -0.2) is 6.04 Å². The molecule has 0 saturated carbocycles. The lowest BCUT2D eigenvalue weighted by molar-refractivity contribution is 0.477. The van der Waals surface area contributed by atoms with Crippen molar-refractivity contribution < 1.29 is 4.42 Å². The molecule has 2 aromatic rings. The van der Waals surface area contributed by atoms with Crippen LogP contribution in [0.15, 0.2) is 16.5 Å². The molecular formula is C18H27NO. The molecule has 0 aliphatic rings. The zero-order chi connectivity index (χ0) is 15.1. The van der Waals surface area contributed by atoms with E-state index in [9.17, 15) is 0 Å². The first kappa shape index (κ1) is 15.1. The summed E-state index contributed by atoms with van der Waals surface area (Å²) in [5, 5.41) is 4.70. The Balaban J connectivity index is 2.58. The third-order valence-corrected chi connectivity index (χ3v) is 3.76. The molecule has 2 rings (SSSR count). The van der Waals surface area contributed by atoms with Crippen LogP contribution in [0.5, 0.6) is 0 Å². The first-order valence-corrected chi connectivity index (χ1v) is 7.46. The van der Waals surface area contributed by atoms with Crippen molar-refractivity contribution in [2.45, 2.75) is 66.5 Å². The van der Waals surface area contributed by atoms with Gasteiger partial charge in [-0.2, -0.15) is 0 Å². The molecule has 0 atom stereocenters. The second kappa shape index (κ2) is 5.25. The smallest absolute Gasteiger partial charge is 0.138 e. The van der Waals surface area contributed by atoms with Crippen LogP contribution < -0.4 is 5.32 Å². The minimum Gasteiger partial charge on any atom is -0.459 e. The summed E-state index contributed by atoms with van der Waals surface area (Å²) in [6.07, 6.45) is 0. The minimum absolute atomic E-state index is 0.0946. The van der Waals surface area contributed by atoms with E-state index in [1.807, 2.05) is 0 Å². The highest BCUT2D eigenvalue weighted by molar-refractivity contribution is 5.86. The molecule has 0 aliphatic heterocycles. The molecule has 0 amide bonds. The van der Waals surface area contributed by atoms with Crippen molar-refractivity contribution in [3.8, 4) is 0 Å². The molecule has 2 nitrogen and oxygen atoms in total. The summed E-state index contributed by atoms with van der Waals surface area (Å²) in [5.41, 5.74) is 5.02. The Hall–Kier alpha value is -1.28. The zero-order valence-electron chi connectivity index (χ0n) is 13.8. The van der Waals surface area contributed by atoms with Crippen LogP contribution in [0.1, 0.15) is 57.1 Å². The Kier molecular flexibility index (Phi) is 3.97. The highest BCUT2D eigenvalue weighted by atomic mass is 16.3. The normalized spacial score (nSPS) is 12.6. The summed E-state index contributed by atoms with van der Waals surface area (Å²) in [6, 6.07) is 4.96. The van der Waals surface area contributed by atoms with E-state index in [0.29, 0.717) is 6.04 Å². The molecular weight excluding hydrogens is 246 g/mol. The molecule has 20 heavy (non-hydrogen) atoms. The Morgan fingerprint density at radius 1 is 1.15 bits per heavy atom. The van der Waals surface area contributed by atoms with E-state index in [1.54, 1.807) is 0 Å². The fourth-order valence-corrected chi connectivity index (χ4v) is 2.53. The third kappa shape index (κ3) is 2.90. The number of fused-ring (bicyclic) bond motifs is 1. The average molecular weight is 273 g/mol. The van der Waals surface area contributed by atoms with E-state index in [-0.39, 0.29) is 5.41 Å². The lowest BCUT2D eigenvalue weighted by Gasteiger charge is -2.19. The molecule has 1 aromatic carbocycles. The second-order valence-electron chi connectivity index (χ2n) is 7.13. The largest absolute Gasteiger partial charge is 0.459 e. The highest BCUT2D eigenvalue weighted by Crippen LogP contribution is 2.35. The van der Waals surface area contributed by atoms with Crippen LogP contribution in [0.25, 0.3) is 11.0 Å². The number of benzene rings is 1. The van der Waals surface area contributed by atoms with Crippen LogP contribution in [0.3, 0.4) is 0 Å². The van der Waals surface area contributed by atoms with Gasteiger partial charge in [0.2, 0.25) is 0 Å². The standard InChI is InChI=1S/C18H27NO/c1-11(2)19-10-16-13(4)14-8-12(3)9-15(17(14)20-16)18(5,6)7/h8-9,11,19H,10H2,1-7H3. The van der Waals surface area contributed by atoms with E-state index in [1.165, 1.54) is 22.1 Å². The van der Waals surface area contributed by atoms with E-state index >= 15 is 0 Å². The summed E-state index contributed by atoms with van der Waals surface area (Å²) < 4.78 is 6.20. The predicted molar refractivity (Wildman–Crippen MR) is 86.4 cm³/mol. The summed E-state index contributed by atoms with van der Waals surface area (Å²) in [7, 11) is 0. The summed E-state index contributed by atoms with van der Waals surface area (Å²) in [5.74, 6) is 1.06. The van der Waals surface area contributed by atoms with E-state index < -0.39 is 0 Å². The number of nitrogens with one attached hydrogen (secondary N) is 1. The highest BCUT2D eigenvalue weighted by Gasteiger charge is 2.22.